The van der Waals surface area contributed by atoms with Gasteiger partial charge in [-0.1, -0.05) is 0 Å². The van der Waals surface area contributed by atoms with Crippen molar-refractivity contribution in [2.45, 2.75) is 33.6 Å². The van der Waals surface area contributed by atoms with Crippen LogP contribution < -0.4 is 0 Å². The molecule has 0 amide bonds. The van der Waals surface area contributed by atoms with Crippen molar-refractivity contribution in [1.29, 1.82) is 0 Å². The third-order valence-electron chi connectivity index (χ3n) is 1.27. The van der Waals surface area contributed by atoms with Gasteiger partial charge in [-0.15, -0.1) is 0 Å². The first-order valence-electron chi connectivity index (χ1n) is 4.63. The SMILES string of the molecule is CC(=O)[O][Sn]([CH3])([CH3])[O][Sn]([CH3])([CH3])[O]C(C)=O. The van der Waals surface area contributed by atoms with Crippen molar-refractivity contribution in [2.75, 3.05) is 0 Å². The molecule has 0 unspecified atom stereocenters. The molecule has 0 aliphatic heterocycles. The Morgan fingerprint density at radius 1 is 0.800 bits per heavy atom. The predicted octanol–water partition coefficient (Wildman–Crippen LogP) is 1.53. The Kier molecular flexibility index (Phi) is 5.90. The minimum atomic E-state index is -3.25. The van der Waals surface area contributed by atoms with Crippen LogP contribution in [-0.2, 0) is 17.1 Å². The number of carbonyl (C=O) groups excluding carboxylic acids is 2. The Bertz CT molecular complexity index is 236. The molecular formula is C8H18O5Sn2. The fraction of sp³-hybridized carbons (Fsp3) is 0.750. The van der Waals surface area contributed by atoms with E-state index in [1.807, 2.05) is 19.8 Å². The van der Waals surface area contributed by atoms with Crippen molar-refractivity contribution in [3.8, 4) is 0 Å². The summed E-state index contributed by atoms with van der Waals surface area (Å²) >= 11 is -6.50. The number of carbonyl (C=O) groups is 2. The number of hydrogen-bond donors (Lipinski definition) is 0. The van der Waals surface area contributed by atoms with E-state index in [2.05, 4.69) is 0 Å². The quantitative estimate of drug-likeness (QED) is 0.632. The summed E-state index contributed by atoms with van der Waals surface area (Å²) in [5.41, 5.74) is 0. The molecule has 0 aliphatic carbocycles. The van der Waals surface area contributed by atoms with Crippen molar-refractivity contribution in [3.63, 3.8) is 0 Å². The Balaban J connectivity index is 4.42. The van der Waals surface area contributed by atoms with Crippen LogP contribution in [0.15, 0.2) is 0 Å². The van der Waals surface area contributed by atoms with E-state index in [1.165, 1.54) is 13.8 Å². The van der Waals surface area contributed by atoms with Crippen LogP contribution in [0.4, 0.5) is 0 Å². The topological polar surface area (TPSA) is 61.8 Å². The van der Waals surface area contributed by atoms with Gasteiger partial charge in [0.15, 0.2) is 0 Å². The van der Waals surface area contributed by atoms with E-state index in [4.69, 9.17) is 7.56 Å². The van der Waals surface area contributed by atoms with Gasteiger partial charge in [0, 0.05) is 0 Å². The zero-order chi connectivity index (χ0) is 12.3. The first kappa shape index (κ1) is 15.5. The zero-order valence-corrected chi connectivity index (χ0v) is 15.7. The molecule has 0 bridgehead atoms. The van der Waals surface area contributed by atoms with Crippen molar-refractivity contribution in [2.24, 2.45) is 0 Å². The number of hydrogen-bond acceptors (Lipinski definition) is 5. The summed E-state index contributed by atoms with van der Waals surface area (Å²) in [6, 6.07) is 0. The molecule has 0 heterocycles. The van der Waals surface area contributed by atoms with Gasteiger partial charge < -0.3 is 0 Å². The molecule has 0 aromatic heterocycles. The predicted molar refractivity (Wildman–Crippen MR) is 59.6 cm³/mol. The summed E-state index contributed by atoms with van der Waals surface area (Å²) in [6.45, 7) is 2.72. The second kappa shape index (κ2) is 5.72. The summed E-state index contributed by atoms with van der Waals surface area (Å²) in [6.07, 6.45) is 0. The third kappa shape index (κ3) is 8.32. The zero-order valence-electron chi connectivity index (χ0n) is 10.0. The molecule has 15 heavy (non-hydrogen) atoms. The van der Waals surface area contributed by atoms with E-state index < -0.39 is 38.4 Å². The standard InChI is InChI=1S/2C2H4O2.4CH3.O.2Sn/c2*1-2(3)4;;;;;;;/h2*1H3,(H,3,4);4*1H3;;;/q;;;;;;;2*+1/p-2. The summed E-state index contributed by atoms with van der Waals surface area (Å²) in [5, 5.41) is 0. The van der Waals surface area contributed by atoms with Gasteiger partial charge in [-0.05, 0) is 0 Å². The first-order chi connectivity index (χ1) is 6.54. The average molecular weight is 432 g/mol. The molecule has 0 saturated carbocycles. The molecule has 88 valence electrons. The van der Waals surface area contributed by atoms with E-state index in [9.17, 15) is 9.59 Å². The Labute approximate surface area is 100 Å². The van der Waals surface area contributed by atoms with E-state index in [0.717, 1.165) is 0 Å². The molecule has 0 aromatic rings. The molecule has 0 aliphatic rings. The van der Waals surface area contributed by atoms with E-state index >= 15 is 0 Å². The molecule has 0 spiro atoms. The summed E-state index contributed by atoms with van der Waals surface area (Å²) < 4.78 is 16.1. The summed E-state index contributed by atoms with van der Waals surface area (Å²) in [7, 11) is 0. The van der Waals surface area contributed by atoms with Crippen LogP contribution in [0.3, 0.4) is 0 Å². The van der Waals surface area contributed by atoms with Crippen molar-refractivity contribution >= 4 is 50.3 Å². The van der Waals surface area contributed by atoms with Crippen molar-refractivity contribution < 1.29 is 17.1 Å². The van der Waals surface area contributed by atoms with Gasteiger partial charge >= 0.3 is 101 Å². The van der Waals surface area contributed by atoms with Gasteiger partial charge in [0.1, 0.15) is 0 Å². The van der Waals surface area contributed by atoms with Gasteiger partial charge in [0.05, 0.1) is 0 Å². The molecule has 7 heteroatoms. The second-order valence-corrected chi connectivity index (χ2v) is 25.7. The molecule has 0 atom stereocenters. The van der Waals surface area contributed by atoms with Crippen LogP contribution >= 0.6 is 0 Å². The van der Waals surface area contributed by atoms with Gasteiger partial charge in [0.2, 0.25) is 0 Å². The maximum atomic E-state index is 10.8. The van der Waals surface area contributed by atoms with Crippen LogP contribution in [0.2, 0.25) is 19.8 Å². The normalized spacial score (nSPS) is 12.1. The summed E-state index contributed by atoms with van der Waals surface area (Å²) in [4.78, 5) is 29.0. The average Bonchev–Trinajstić information content (AvgIpc) is 1.73. The second-order valence-electron chi connectivity index (χ2n) is 4.09. The molecule has 0 fully saturated rings. The van der Waals surface area contributed by atoms with E-state index in [1.54, 1.807) is 0 Å². The van der Waals surface area contributed by atoms with Gasteiger partial charge in [-0.3, -0.25) is 0 Å². The third-order valence-corrected chi connectivity index (χ3v) is 27.3. The molecule has 0 N–H and O–H groups in total. The molecule has 0 aromatic carbocycles. The van der Waals surface area contributed by atoms with Crippen molar-refractivity contribution in [1.82, 2.24) is 0 Å². The minimum absolute atomic E-state index is 0.333. The molecule has 5 nitrogen and oxygen atoms in total. The Morgan fingerprint density at radius 2 is 1.07 bits per heavy atom. The molecule has 0 rings (SSSR count). The van der Waals surface area contributed by atoms with Crippen LogP contribution in [0.5, 0.6) is 0 Å². The molecular weight excluding hydrogens is 414 g/mol. The van der Waals surface area contributed by atoms with Crippen LogP contribution in [0.25, 0.3) is 0 Å². The molecule has 0 saturated heterocycles. The van der Waals surface area contributed by atoms with Gasteiger partial charge in [-0.2, -0.15) is 0 Å². The van der Waals surface area contributed by atoms with Crippen LogP contribution in [-0.4, -0.2) is 50.3 Å². The first-order valence-corrected chi connectivity index (χ1v) is 20.7. The fourth-order valence-electron chi connectivity index (χ4n) is 1.33. The Morgan fingerprint density at radius 3 is 1.27 bits per heavy atom. The Hall–Kier alpha value is 0.497. The molecule has 0 radical (unpaired) electrons. The number of rotatable bonds is 4. The van der Waals surface area contributed by atoms with Gasteiger partial charge in [0.25, 0.3) is 0 Å². The van der Waals surface area contributed by atoms with E-state index in [-0.39, 0.29) is 11.9 Å². The van der Waals surface area contributed by atoms with Crippen molar-refractivity contribution in [3.05, 3.63) is 0 Å². The monoisotopic (exact) mass is 434 g/mol. The van der Waals surface area contributed by atoms with Crippen LogP contribution in [0.1, 0.15) is 13.8 Å². The van der Waals surface area contributed by atoms with E-state index in [0.29, 0.717) is 0 Å². The maximum absolute atomic E-state index is 10.8. The van der Waals surface area contributed by atoms with Gasteiger partial charge in [-0.25, -0.2) is 0 Å². The van der Waals surface area contributed by atoms with Crippen LogP contribution in [0, 0.1) is 0 Å². The fourth-order valence-corrected chi connectivity index (χ4v) is 33.2. The summed E-state index contributed by atoms with van der Waals surface area (Å²) in [5.74, 6) is -0.665.